The van der Waals surface area contributed by atoms with Gasteiger partial charge in [0.05, 0.1) is 5.02 Å². The molecule has 1 atom stereocenters. The minimum Gasteiger partial charge on any atom is -0.487 e. The van der Waals surface area contributed by atoms with Crippen LogP contribution in [0.25, 0.3) is 0 Å². The molecule has 0 radical (unpaired) electrons. The summed E-state index contributed by atoms with van der Waals surface area (Å²) in [6.07, 6.45) is 1.92. The number of ether oxygens (including phenoxy) is 1. The molecule has 2 rings (SSSR count). The Morgan fingerprint density at radius 2 is 2.35 bits per heavy atom. The molecule has 0 aliphatic carbocycles. The normalized spacial score (nSPS) is 20.8. The zero-order chi connectivity index (χ0) is 12.3. The van der Waals surface area contributed by atoms with Crippen LogP contribution in [0.4, 0.5) is 0 Å². The highest BCUT2D eigenvalue weighted by Crippen LogP contribution is 2.28. The summed E-state index contributed by atoms with van der Waals surface area (Å²) in [5.41, 5.74) is 1.04. The predicted molar refractivity (Wildman–Crippen MR) is 68.8 cm³/mol. The number of halogens is 1. The molecule has 0 aromatic heterocycles. The molecule has 1 unspecified atom stereocenters. The third-order valence-electron chi connectivity index (χ3n) is 3.04. The van der Waals surface area contributed by atoms with E-state index in [1.807, 2.05) is 18.2 Å². The van der Waals surface area contributed by atoms with E-state index in [0.29, 0.717) is 11.4 Å². The summed E-state index contributed by atoms with van der Waals surface area (Å²) in [5, 5.41) is 9.49. The SMILES string of the molecule is CN1CCC(Oc2ccc(CCO)cc2Cl)C1. The molecule has 1 saturated heterocycles. The second-order valence-electron chi connectivity index (χ2n) is 4.53. The molecular formula is C13H18ClNO2. The lowest BCUT2D eigenvalue weighted by atomic mass is 10.1. The van der Waals surface area contributed by atoms with Gasteiger partial charge in [-0.1, -0.05) is 17.7 Å². The summed E-state index contributed by atoms with van der Waals surface area (Å²) in [4.78, 5) is 2.25. The fourth-order valence-corrected chi connectivity index (χ4v) is 2.34. The van der Waals surface area contributed by atoms with Crippen LogP contribution in [0.1, 0.15) is 12.0 Å². The van der Waals surface area contributed by atoms with Crippen LogP contribution in [0.3, 0.4) is 0 Å². The Labute approximate surface area is 107 Å². The van der Waals surface area contributed by atoms with Crippen molar-refractivity contribution in [1.82, 2.24) is 4.90 Å². The Bertz CT molecular complexity index is 384. The fourth-order valence-electron chi connectivity index (χ4n) is 2.09. The molecule has 17 heavy (non-hydrogen) atoms. The van der Waals surface area contributed by atoms with E-state index in [9.17, 15) is 0 Å². The zero-order valence-electron chi connectivity index (χ0n) is 10.0. The summed E-state index contributed by atoms with van der Waals surface area (Å²) in [6, 6.07) is 5.72. The minimum absolute atomic E-state index is 0.143. The monoisotopic (exact) mass is 255 g/mol. The molecule has 1 aliphatic rings. The molecule has 1 aromatic carbocycles. The van der Waals surface area contributed by atoms with E-state index in [1.165, 1.54) is 0 Å². The third kappa shape index (κ3) is 3.35. The number of benzene rings is 1. The van der Waals surface area contributed by atoms with Crippen LogP contribution in [0.2, 0.25) is 5.02 Å². The highest BCUT2D eigenvalue weighted by Gasteiger charge is 2.21. The molecule has 1 N–H and O–H groups in total. The van der Waals surface area contributed by atoms with Crippen molar-refractivity contribution in [3.63, 3.8) is 0 Å². The molecule has 0 spiro atoms. The van der Waals surface area contributed by atoms with E-state index in [4.69, 9.17) is 21.4 Å². The van der Waals surface area contributed by atoms with Gasteiger partial charge in [0.1, 0.15) is 11.9 Å². The Hall–Kier alpha value is -0.770. The second-order valence-corrected chi connectivity index (χ2v) is 4.94. The molecular weight excluding hydrogens is 238 g/mol. The van der Waals surface area contributed by atoms with Crippen LogP contribution < -0.4 is 4.74 Å². The summed E-state index contributed by atoms with van der Waals surface area (Å²) >= 11 is 6.16. The van der Waals surface area contributed by atoms with Crippen LogP contribution in [-0.2, 0) is 6.42 Å². The summed E-state index contributed by atoms with van der Waals surface area (Å²) in [6.45, 7) is 2.17. The average Bonchev–Trinajstić information content (AvgIpc) is 2.69. The van der Waals surface area contributed by atoms with Gasteiger partial charge in [0.25, 0.3) is 0 Å². The van der Waals surface area contributed by atoms with Gasteiger partial charge in [-0.15, -0.1) is 0 Å². The van der Waals surface area contributed by atoms with E-state index in [2.05, 4.69) is 11.9 Å². The smallest absolute Gasteiger partial charge is 0.138 e. The Balaban J connectivity index is 2.01. The quantitative estimate of drug-likeness (QED) is 0.893. The maximum atomic E-state index is 8.86. The average molecular weight is 256 g/mol. The van der Waals surface area contributed by atoms with Crippen molar-refractivity contribution in [1.29, 1.82) is 0 Å². The van der Waals surface area contributed by atoms with Crippen LogP contribution >= 0.6 is 11.6 Å². The van der Waals surface area contributed by atoms with Crippen LogP contribution in [-0.4, -0.2) is 42.9 Å². The summed E-state index contributed by atoms with van der Waals surface area (Å²) in [7, 11) is 2.09. The van der Waals surface area contributed by atoms with Gasteiger partial charge in [0.15, 0.2) is 0 Å². The van der Waals surface area contributed by atoms with E-state index in [0.717, 1.165) is 30.8 Å². The van der Waals surface area contributed by atoms with Gasteiger partial charge < -0.3 is 14.7 Å². The maximum absolute atomic E-state index is 8.86. The lowest BCUT2D eigenvalue weighted by Crippen LogP contribution is -2.21. The molecule has 0 saturated carbocycles. The van der Waals surface area contributed by atoms with Crippen molar-refractivity contribution in [2.45, 2.75) is 18.9 Å². The van der Waals surface area contributed by atoms with Crippen LogP contribution in [0.15, 0.2) is 18.2 Å². The lowest BCUT2D eigenvalue weighted by molar-refractivity contribution is 0.208. The fraction of sp³-hybridized carbons (Fsp3) is 0.538. The largest absolute Gasteiger partial charge is 0.487 e. The number of hydrogen-bond acceptors (Lipinski definition) is 3. The molecule has 0 amide bonds. The highest BCUT2D eigenvalue weighted by atomic mass is 35.5. The van der Waals surface area contributed by atoms with E-state index >= 15 is 0 Å². The lowest BCUT2D eigenvalue weighted by Gasteiger charge is -2.15. The van der Waals surface area contributed by atoms with Gasteiger partial charge in [0, 0.05) is 19.7 Å². The van der Waals surface area contributed by atoms with Gasteiger partial charge in [0.2, 0.25) is 0 Å². The first-order valence-corrected chi connectivity index (χ1v) is 6.31. The molecule has 4 heteroatoms. The molecule has 1 heterocycles. The minimum atomic E-state index is 0.143. The van der Waals surface area contributed by atoms with Gasteiger partial charge in [-0.25, -0.2) is 0 Å². The van der Waals surface area contributed by atoms with Crippen molar-refractivity contribution in [3.05, 3.63) is 28.8 Å². The number of likely N-dealkylation sites (tertiary alicyclic amines) is 1. The van der Waals surface area contributed by atoms with Crippen molar-refractivity contribution < 1.29 is 9.84 Å². The highest BCUT2D eigenvalue weighted by molar-refractivity contribution is 6.32. The Morgan fingerprint density at radius 1 is 1.53 bits per heavy atom. The number of rotatable bonds is 4. The first-order chi connectivity index (χ1) is 8.19. The van der Waals surface area contributed by atoms with Gasteiger partial charge in [-0.05, 0) is 37.6 Å². The molecule has 1 aliphatic heterocycles. The molecule has 1 aromatic rings. The van der Waals surface area contributed by atoms with Gasteiger partial charge >= 0.3 is 0 Å². The number of aliphatic hydroxyl groups excluding tert-OH is 1. The molecule has 0 bridgehead atoms. The molecule has 3 nitrogen and oxygen atoms in total. The van der Waals surface area contributed by atoms with Gasteiger partial charge in [-0.3, -0.25) is 0 Å². The van der Waals surface area contributed by atoms with Crippen molar-refractivity contribution in [2.24, 2.45) is 0 Å². The van der Waals surface area contributed by atoms with Crippen molar-refractivity contribution in [2.75, 3.05) is 26.7 Å². The zero-order valence-corrected chi connectivity index (χ0v) is 10.8. The van der Waals surface area contributed by atoms with E-state index in [1.54, 1.807) is 0 Å². The standard InChI is InChI=1S/C13H18ClNO2/c1-15-6-4-11(9-15)17-13-3-2-10(5-7-16)8-12(13)14/h2-3,8,11,16H,4-7,9H2,1H3. The van der Waals surface area contributed by atoms with Crippen molar-refractivity contribution in [3.8, 4) is 5.75 Å². The Kier molecular flexibility index (Phi) is 4.26. The maximum Gasteiger partial charge on any atom is 0.138 e. The van der Waals surface area contributed by atoms with E-state index < -0.39 is 0 Å². The van der Waals surface area contributed by atoms with E-state index in [-0.39, 0.29) is 12.7 Å². The second kappa shape index (κ2) is 5.71. The molecule has 94 valence electrons. The van der Waals surface area contributed by atoms with Crippen LogP contribution in [0.5, 0.6) is 5.75 Å². The summed E-state index contributed by atoms with van der Waals surface area (Å²) < 4.78 is 5.87. The number of likely N-dealkylation sites (N-methyl/N-ethyl adjacent to an activating group) is 1. The topological polar surface area (TPSA) is 32.7 Å². The van der Waals surface area contributed by atoms with Gasteiger partial charge in [-0.2, -0.15) is 0 Å². The number of nitrogens with zero attached hydrogens (tertiary/aromatic N) is 1. The number of aliphatic hydroxyl groups is 1. The third-order valence-corrected chi connectivity index (χ3v) is 3.33. The Morgan fingerprint density at radius 3 is 2.94 bits per heavy atom. The number of hydrogen-bond donors (Lipinski definition) is 1. The first kappa shape index (κ1) is 12.7. The first-order valence-electron chi connectivity index (χ1n) is 5.93. The molecule has 1 fully saturated rings. The van der Waals surface area contributed by atoms with Crippen molar-refractivity contribution >= 4 is 11.6 Å². The summed E-state index contributed by atoms with van der Waals surface area (Å²) in [5.74, 6) is 0.744. The van der Waals surface area contributed by atoms with Crippen LogP contribution in [0, 0.1) is 0 Å². The predicted octanol–water partition coefficient (Wildman–Crippen LogP) is 1.96.